The molecule has 28 heavy (non-hydrogen) atoms. The lowest BCUT2D eigenvalue weighted by Crippen LogP contribution is -2.46. The van der Waals surface area contributed by atoms with Crippen LogP contribution in [0.3, 0.4) is 0 Å². The highest BCUT2D eigenvalue weighted by Gasteiger charge is 2.32. The predicted molar refractivity (Wildman–Crippen MR) is 109 cm³/mol. The highest BCUT2D eigenvalue weighted by molar-refractivity contribution is 5.99. The first-order valence-corrected chi connectivity index (χ1v) is 10.6. The number of likely N-dealkylation sites (tertiary alicyclic amines) is 2. The molecule has 3 saturated heterocycles. The van der Waals surface area contributed by atoms with E-state index in [2.05, 4.69) is 16.7 Å². The zero-order chi connectivity index (χ0) is 19.7. The van der Waals surface area contributed by atoms with Gasteiger partial charge in [-0.2, -0.15) is 0 Å². The molecule has 152 valence electrons. The molecule has 3 heterocycles. The second-order valence-electron chi connectivity index (χ2n) is 8.41. The van der Waals surface area contributed by atoms with Crippen molar-refractivity contribution in [3.05, 3.63) is 33.9 Å². The number of hydrogen-bond acceptors (Lipinski definition) is 5. The molecule has 0 aromatic heterocycles. The van der Waals surface area contributed by atoms with Gasteiger partial charge in [0.1, 0.15) is 5.56 Å². The number of piperidine rings is 1. The van der Waals surface area contributed by atoms with Gasteiger partial charge in [-0.3, -0.25) is 19.8 Å². The SMILES string of the molecule is CC1CCCN1C1CCN(c2ccc([N+](=O)[O-])c(C(=O)N3CCCC3)c2)CC1. The van der Waals surface area contributed by atoms with Crippen LogP contribution in [0.4, 0.5) is 11.4 Å². The van der Waals surface area contributed by atoms with Gasteiger partial charge in [0.25, 0.3) is 11.6 Å². The lowest BCUT2D eigenvalue weighted by atomic mass is 10.0. The fourth-order valence-electron chi connectivity index (χ4n) is 5.10. The number of anilines is 1. The summed E-state index contributed by atoms with van der Waals surface area (Å²) in [5.74, 6) is -0.202. The van der Waals surface area contributed by atoms with E-state index in [-0.39, 0.29) is 17.2 Å². The van der Waals surface area contributed by atoms with Gasteiger partial charge < -0.3 is 9.80 Å². The molecular weight excluding hydrogens is 356 g/mol. The van der Waals surface area contributed by atoms with Crippen LogP contribution in [-0.4, -0.2) is 65.4 Å². The van der Waals surface area contributed by atoms with Crippen LogP contribution in [0.1, 0.15) is 55.8 Å². The highest BCUT2D eigenvalue weighted by atomic mass is 16.6. The molecule has 4 rings (SSSR count). The Labute approximate surface area is 166 Å². The van der Waals surface area contributed by atoms with Crippen molar-refractivity contribution in [3.8, 4) is 0 Å². The van der Waals surface area contributed by atoms with Crippen LogP contribution in [0.5, 0.6) is 0 Å². The van der Waals surface area contributed by atoms with Gasteiger partial charge in [0.15, 0.2) is 0 Å². The van der Waals surface area contributed by atoms with Crippen molar-refractivity contribution in [2.75, 3.05) is 37.6 Å². The summed E-state index contributed by atoms with van der Waals surface area (Å²) in [6, 6.07) is 6.38. The Bertz CT molecular complexity index is 739. The molecule has 0 N–H and O–H groups in total. The van der Waals surface area contributed by atoms with Crippen molar-refractivity contribution >= 4 is 17.3 Å². The first kappa shape index (κ1) is 19.2. The van der Waals surface area contributed by atoms with E-state index in [1.807, 2.05) is 0 Å². The van der Waals surface area contributed by atoms with E-state index >= 15 is 0 Å². The zero-order valence-corrected chi connectivity index (χ0v) is 16.7. The number of nitro groups is 1. The maximum Gasteiger partial charge on any atom is 0.282 e. The summed E-state index contributed by atoms with van der Waals surface area (Å²) in [6.45, 7) is 6.79. The quantitative estimate of drug-likeness (QED) is 0.587. The number of carbonyl (C=O) groups is 1. The van der Waals surface area contributed by atoms with E-state index in [1.165, 1.54) is 25.5 Å². The van der Waals surface area contributed by atoms with Gasteiger partial charge in [-0.05, 0) is 64.1 Å². The molecule has 1 unspecified atom stereocenters. The zero-order valence-electron chi connectivity index (χ0n) is 16.7. The molecule has 7 heteroatoms. The lowest BCUT2D eigenvalue weighted by molar-refractivity contribution is -0.385. The topological polar surface area (TPSA) is 69.9 Å². The minimum atomic E-state index is -0.436. The van der Waals surface area contributed by atoms with Gasteiger partial charge in [-0.25, -0.2) is 0 Å². The Kier molecular flexibility index (Phi) is 5.53. The second kappa shape index (κ2) is 8.07. The minimum absolute atomic E-state index is 0.0820. The normalized spacial score (nSPS) is 24.1. The molecule has 0 aliphatic carbocycles. The van der Waals surface area contributed by atoms with Gasteiger partial charge in [-0.1, -0.05) is 0 Å². The predicted octanol–water partition coefficient (Wildman–Crippen LogP) is 3.28. The van der Waals surface area contributed by atoms with Crippen molar-refractivity contribution in [2.24, 2.45) is 0 Å². The third-order valence-corrected chi connectivity index (χ3v) is 6.70. The summed E-state index contributed by atoms with van der Waals surface area (Å²) in [7, 11) is 0. The molecule has 3 fully saturated rings. The number of nitro benzene ring substituents is 1. The summed E-state index contributed by atoms with van der Waals surface area (Å²) < 4.78 is 0. The molecule has 0 saturated carbocycles. The van der Waals surface area contributed by atoms with Gasteiger partial charge >= 0.3 is 0 Å². The summed E-state index contributed by atoms with van der Waals surface area (Å²) in [5, 5.41) is 11.5. The van der Waals surface area contributed by atoms with Crippen LogP contribution in [0.15, 0.2) is 18.2 Å². The van der Waals surface area contributed by atoms with E-state index in [0.717, 1.165) is 44.5 Å². The fraction of sp³-hybridized carbons (Fsp3) is 0.667. The van der Waals surface area contributed by atoms with Gasteiger partial charge in [-0.15, -0.1) is 0 Å². The standard InChI is InChI=1S/C21H30N4O3/c1-16-5-4-12-24(16)17-8-13-22(14-9-17)18-6-7-20(25(27)28)19(15-18)21(26)23-10-2-3-11-23/h6-7,15-17H,2-5,8-14H2,1H3. The molecule has 0 bridgehead atoms. The molecule has 3 aliphatic rings. The maximum atomic E-state index is 12.9. The van der Waals surface area contributed by atoms with E-state index in [1.54, 1.807) is 17.0 Å². The molecule has 1 atom stereocenters. The number of amides is 1. The van der Waals surface area contributed by atoms with E-state index in [9.17, 15) is 14.9 Å². The third kappa shape index (κ3) is 3.72. The fourth-order valence-corrected chi connectivity index (χ4v) is 5.10. The Morgan fingerprint density at radius 1 is 1.04 bits per heavy atom. The molecule has 1 amide bonds. The smallest absolute Gasteiger partial charge is 0.282 e. The van der Waals surface area contributed by atoms with Crippen LogP contribution >= 0.6 is 0 Å². The van der Waals surface area contributed by atoms with Gasteiger partial charge in [0.05, 0.1) is 4.92 Å². The molecule has 7 nitrogen and oxygen atoms in total. The molecule has 0 spiro atoms. The number of carbonyl (C=O) groups excluding carboxylic acids is 1. The Morgan fingerprint density at radius 2 is 1.75 bits per heavy atom. The first-order chi connectivity index (χ1) is 13.5. The van der Waals surface area contributed by atoms with E-state index < -0.39 is 4.92 Å². The van der Waals surface area contributed by atoms with Crippen molar-refractivity contribution in [3.63, 3.8) is 0 Å². The molecule has 1 aromatic rings. The molecular formula is C21H30N4O3. The average molecular weight is 386 g/mol. The van der Waals surface area contributed by atoms with E-state index in [4.69, 9.17) is 0 Å². The third-order valence-electron chi connectivity index (χ3n) is 6.70. The monoisotopic (exact) mass is 386 g/mol. The Morgan fingerprint density at radius 3 is 2.36 bits per heavy atom. The van der Waals surface area contributed by atoms with Crippen LogP contribution in [0.25, 0.3) is 0 Å². The summed E-state index contributed by atoms with van der Waals surface area (Å²) in [6.07, 6.45) is 6.76. The molecule has 3 aliphatic heterocycles. The first-order valence-electron chi connectivity index (χ1n) is 10.6. The van der Waals surface area contributed by atoms with Crippen molar-refractivity contribution in [2.45, 2.75) is 57.5 Å². The van der Waals surface area contributed by atoms with Crippen molar-refractivity contribution in [1.82, 2.24) is 9.80 Å². The molecule has 1 aromatic carbocycles. The van der Waals surface area contributed by atoms with Crippen molar-refractivity contribution < 1.29 is 9.72 Å². The Hall–Kier alpha value is -2.15. The van der Waals surface area contributed by atoms with Crippen LogP contribution in [0, 0.1) is 10.1 Å². The van der Waals surface area contributed by atoms with Crippen molar-refractivity contribution in [1.29, 1.82) is 0 Å². The second-order valence-corrected chi connectivity index (χ2v) is 8.41. The van der Waals surface area contributed by atoms with Crippen LogP contribution in [-0.2, 0) is 0 Å². The van der Waals surface area contributed by atoms with E-state index in [0.29, 0.717) is 25.2 Å². The summed E-state index contributed by atoms with van der Waals surface area (Å²) in [5.41, 5.74) is 1.09. The number of hydrogen-bond donors (Lipinski definition) is 0. The Balaban J connectivity index is 1.50. The number of rotatable bonds is 4. The number of nitrogens with zero attached hydrogens (tertiary/aromatic N) is 4. The largest absolute Gasteiger partial charge is 0.371 e. The molecule has 0 radical (unpaired) electrons. The van der Waals surface area contributed by atoms with Crippen LogP contribution in [0.2, 0.25) is 0 Å². The summed E-state index contributed by atoms with van der Waals surface area (Å²) >= 11 is 0. The number of benzene rings is 1. The summed E-state index contributed by atoms with van der Waals surface area (Å²) in [4.78, 5) is 30.6. The maximum absolute atomic E-state index is 12.9. The van der Waals surface area contributed by atoms with Crippen LogP contribution < -0.4 is 4.90 Å². The minimum Gasteiger partial charge on any atom is -0.371 e. The average Bonchev–Trinajstić information content (AvgIpc) is 3.39. The van der Waals surface area contributed by atoms with Gasteiger partial charge in [0.2, 0.25) is 0 Å². The lowest BCUT2D eigenvalue weighted by Gasteiger charge is -2.39. The van der Waals surface area contributed by atoms with Gasteiger partial charge in [0, 0.05) is 50.0 Å². The highest BCUT2D eigenvalue weighted by Crippen LogP contribution is 2.31.